The van der Waals surface area contributed by atoms with Gasteiger partial charge in [0.05, 0.1) is 26.2 Å². The summed E-state index contributed by atoms with van der Waals surface area (Å²) in [4.78, 5) is 12.2. The lowest BCUT2D eigenvalue weighted by Gasteiger charge is -2.07. The van der Waals surface area contributed by atoms with Gasteiger partial charge in [-0.25, -0.2) is 5.43 Å². The largest absolute Gasteiger partial charge is 0.497 e. The van der Waals surface area contributed by atoms with Crippen LogP contribution in [0.25, 0.3) is 11.4 Å². The Morgan fingerprint density at radius 3 is 2.65 bits per heavy atom. The van der Waals surface area contributed by atoms with Gasteiger partial charge in [-0.1, -0.05) is 23.4 Å². The molecule has 0 atom stereocenters. The molecule has 0 fully saturated rings. The van der Waals surface area contributed by atoms with E-state index in [0.29, 0.717) is 33.8 Å². The molecule has 0 saturated carbocycles. The van der Waals surface area contributed by atoms with Gasteiger partial charge < -0.3 is 14.0 Å². The van der Waals surface area contributed by atoms with E-state index >= 15 is 0 Å². The molecule has 1 aromatic heterocycles. The predicted molar refractivity (Wildman–Crippen MR) is 122 cm³/mol. The van der Waals surface area contributed by atoms with Crippen molar-refractivity contribution in [1.82, 2.24) is 20.2 Å². The monoisotopic (exact) mass is 459 g/mol. The number of methoxy groups -OCH3 is 2. The number of thioether (sulfide) groups is 1. The van der Waals surface area contributed by atoms with E-state index < -0.39 is 0 Å². The second kappa shape index (κ2) is 10.8. The number of rotatable bonds is 9. The van der Waals surface area contributed by atoms with Gasteiger partial charge in [0.2, 0.25) is 0 Å². The maximum absolute atomic E-state index is 12.2. The number of nitrogens with one attached hydrogen (secondary N) is 1. The topological polar surface area (TPSA) is 90.6 Å². The lowest BCUT2D eigenvalue weighted by molar-refractivity contribution is -0.118. The fraction of sp³-hybridized carbons (Fsp3) is 0.238. The molecule has 31 heavy (non-hydrogen) atoms. The van der Waals surface area contributed by atoms with Gasteiger partial charge in [0.15, 0.2) is 11.0 Å². The summed E-state index contributed by atoms with van der Waals surface area (Å²) in [6, 6.07) is 12.7. The molecule has 0 spiro atoms. The van der Waals surface area contributed by atoms with E-state index in [0.717, 1.165) is 11.4 Å². The normalized spacial score (nSPS) is 11.0. The minimum absolute atomic E-state index is 0.144. The van der Waals surface area contributed by atoms with Crippen molar-refractivity contribution in [2.75, 3.05) is 20.0 Å². The molecule has 0 radical (unpaired) electrons. The van der Waals surface area contributed by atoms with Crippen LogP contribution in [0, 0.1) is 0 Å². The smallest absolute Gasteiger partial charge is 0.250 e. The molecule has 0 bridgehead atoms. The summed E-state index contributed by atoms with van der Waals surface area (Å²) < 4.78 is 12.4. The van der Waals surface area contributed by atoms with Crippen molar-refractivity contribution in [3.8, 4) is 22.9 Å². The summed E-state index contributed by atoms with van der Waals surface area (Å²) in [5.74, 6) is 1.90. The van der Waals surface area contributed by atoms with Gasteiger partial charge in [0, 0.05) is 22.7 Å². The van der Waals surface area contributed by atoms with Crippen LogP contribution in [0.3, 0.4) is 0 Å². The zero-order chi connectivity index (χ0) is 22.2. The molecule has 8 nitrogen and oxygen atoms in total. The number of halogens is 1. The van der Waals surface area contributed by atoms with E-state index in [1.165, 1.54) is 18.0 Å². The van der Waals surface area contributed by atoms with Crippen molar-refractivity contribution in [1.29, 1.82) is 0 Å². The number of carbonyl (C=O) groups is 1. The highest BCUT2D eigenvalue weighted by atomic mass is 35.5. The maximum atomic E-state index is 12.2. The molecule has 3 rings (SSSR count). The van der Waals surface area contributed by atoms with Gasteiger partial charge in [0.1, 0.15) is 11.5 Å². The van der Waals surface area contributed by atoms with Gasteiger partial charge in [-0.3, -0.25) is 4.79 Å². The minimum atomic E-state index is -0.262. The number of ether oxygens (including phenoxy) is 2. The zero-order valence-corrected chi connectivity index (χ0v) is 18.9. The third-order valence-corrected chi connectivity index (χ3v) is 5.52. The summed E-state index contributed by atoms with van der Waals surface area (Å²) >= 11 is 7.25. The molecular weight excluding hydrogens is 438 g/mol. The second-order valence-electron chi connectivity index (χ2n) is 6.25. The molecule has 10 heteroatoms. The van der Waals surface area contributed by atoms with Crippen molar-refractivity contribution >= 4 is 35.5 Å². The van der Waals surface area contributed by atoms with Crippen molar-refractivity contribution < 1.29 is 14.3 Å². The van der Waals surface area contributed by atoms with Crippen LogP contribution in [0.15, 0.2) is 52.7 Å². The SMILES string of the molecule is CCn1c(SCC(=O)N/N=C\c2cc(OC)ccc2OC)nnc1-c1ccc(Cl)cc1. The van der Waals surface area contributed by atoms with Crippen molar-refractivity contribution in [3.05, 3.63) is 53.1 Å². The van der Waals surface area contributed by atoms with Crippen molar-refractivity contribution in [2.24, 2.45) is 5.10 Å². The van der Waals surface area contributed by atoms with Crippen LogP contribution in [0.4, 0.5) is 0 Å². The average Bonchev–Trinajstić information content (AvgIpc) is 3.21. The highest BCUT2D eigenvalue weighted by molar-refractivity contribution is 7.99. The third kappa shape index (κ3) is 5.77. The molecule has 0 aliphatic carbocycles. The molecule has 1 heterocycles. The first-order chi connectivity index (χ1) is 15.0. The lowest BCUT2D eigenvalue weighted by atomic mass is 10.2. The quantitative estimate of drug-likeness (QED) is 0.296. The third-order valence-electron chi connectivity index (χ3n) is 4.30. The predicted octanol–water partition coefficient (Wildman–Crippen LogP) is 3.88. The Bertz CT molecular complexity index is 1070. The molecule has 0 aliphatic heterocycles. The number of carbonyl (C=O) groups excluding carboxylic acids is 1. The Morgan fingerprint density at radius 1 is 1.19 bits per heavy atom. The molecular formula is C21H22ClN5O3S. The number of aromatic nitrogens is 3. The van der Waals surface area contributed by atoms with Crippen LogP contribution in [0.1, 0.15) is 12.5 Å². The molecule has 162 valence electrons. The minimum Gasteiger partial charge on any atom is -0.497 e. The number of benzene rings is 2. The molecule has 2 aromatic carbocycles. The average molecular weight is 460 g/mol. The Morgan fingerprint density at radius 2 is 1.97 bits per heavy atom. The van der Waals surface area contributed by atoms with E-state index in [9.17, 15) is 4.79 Å². The first-order valence-electron chi connectivity index (χ1n) is 9.41. The van der Waals surface area contributed by atoms with E-state index in [1.54, 1.807) is 44.6 Å². The summed E-state index contributed by atoms with van der Waals surface area (Å²) in [5.41, 5.74) is 4.11. The van der Waals surface area contributed by atoms with Crippen LogP contribution in [-0.4, -0.2) is 46.9 Å². The number of amides is 1. The maximum Gasteiger partial charge on any atom is 0.250 e. The number of hydrogen-bond donors (Lipinski definition) is 1. The summed E-state index contributed by atoms with van der Waals surface area (Å²) in [7, 11) is 3.14. The molecule has 0 aliphatic rings. The van der Waals surface area contributed by atoms with E-state index in [1.807, 2.05) is 23.6 Å². The van der Waals surface area contributed by atoms with Gasteiger partial charge in [-0.15, -0.1) is 10.2 Å². The Balaban J connectivity index is 1.61. The highest BCUT2D eigenvalue weighted by Crippen LogP contribution is 2.25. The highest BCUT2D eigenvalue weighted by Gasteiger charge is 2.14. The lowest BCUT2D eigenvalue weighted by Crippen LogP contribution is -2.20. The van der Waals surface area contributed by atoms with Crippen LogP contribution >= 0.6 is 23.4 Å². The van der Waals surface area contributed by atoms with Gasteiger partial charge in [-0.2, -0.15) is 5.10 Å². The van der Waals surface area contributed by atoms with E-state index in [4.69, 9.17) is 21.1 Å². The molecule has 0 unspecified atom stereocenters. The van der Waals surface area contributed by atoms with E-state index in [2.05, 4.69) is 20.7 Å². The van der Waals surface area contributed by atoms with Gasteiger partial charge in [-0.05, 0) is 49.4 Å². The van der Waals surface area contributed by atoms with Gasteiger partial charge in [0.25, 0.3) is 5.91 Å². The standard InChI is InChI=1S/C21H22ClN5O3S/c1-4-27-20(14-5-7-16(22)8-6-14)25-26-21(27)31-13-19(28)24-23-12-15-11-17(29-2)9-10-18(15)30-3/h5-12H,4,13H2,1-3H3,(H,24,28)/b23-12-. The first kappa shape index (κ1) is 22.6. The molecule has 0 saturated heterocycles. The van der Waals surface area contributed by atoms with Crippen LogP contribution < -0.4 is 14.9 Å². The number of nitrogens with zero attached hydrogens (tertiary/aromatic N) is 4. The van der Waals surface area contributed by atoms with E-state index in [-0.39, 0.29) is 11.7 Å². The Kier molecular flexibility index (Phi) is 7.91. The molecule has 1 N–H and O–H groups in total. The van der Waals surface area contributed by atoms with Gasteiger partial charge >= 0.3 is 0 Å². The summed E-state index contributed by atoms with van der Waals surface area (Å²) in [6.07, 6.45) is 1.51. The Hall–Kier alpha value is -3.04. The second-order valence-corrected chi connectivity index (χ2v) is 7.63. The fourth-order valence-corrected chi connectivity index (χ4v) is 3.69. The molecule has 1 amide bonds. The zero-order valence-electron chi connectivity index (χ0n) is 17.3. The van der Waals surface area contributed by atoms with Crippen molar-refractivity contribution in [2.45, 2.75) is 18.6 Å². The number of hydrogen-bond acceptors (Lipinski definition) is 7. The Labute approximate surface area is 189 Å². The fourth-order valence-electron chi connectivity index (χ4n) is 2.77. The summed E-state index contributed by atoms with van der Waals surface area (Å²) in [5, 5.41) is 13.8. The van der Waals surface area contributed by atoms with Crippen LogP contribution in [-0.2, 0) is 11.3 Å². The number of hydrazone groups is 1. The van der Waals surface area contributed by atoms with Crippen LogP contribution in [0.5, 0.6) is 11.5 Å². The molecule has 3 aromatic rings. The summed E-state index contributed by atoms with van der Waals surface area (Å²) in [6.45, 7) is 2.67. The van der Waals surface area contributed by atoms with Crippen LogP contribution in [0.2, 0.25) is 5.02 Å². The first-order valence-corrected chi connectivity index (χ1v) is 10.8. The van der Waals surface area contributed by atoms with Crippen molar-refractivity contribution in [3.63, 3.8) is 0 Å².